The number of fused-ring (bicyclic) bond motifs is 1. The van der Waals surface area contributed by atoms with Gasteiger partial charge in [0.2, 0.25) is 0 Å². The lowest BCUT2D eigenvalue weighted by Gasteiger charge is -2.11. The van der Waals surface area contributed by atoms with Gasteiger partial charge in [0.1, 0.15) is 5.82 Å². The molecule has 1 aliphatic heterocycles. The van der Waals surface area contributed by atoms with Crippen molar-refractivity contribution < 1.29 is 4.79 Å². The minimum Gasteiger partial charge on any atom is -0.306 e. The lowest BCUT2D eigenvalue weighted by Crippen LogP contribution is -2.15. The highest BCUT2D eigenvalue weighted by Gasteiger charge is 2.21. The molecule has 1 aliphatic rings. The number of carbonyl (C=O) groups excluding carboxylic acids is 1. The lowest BCUT2D eigenvalue weighted by atomic mass is 10.1. The van der Waals surface area contributed by atoms with Gasteiger partial charge in [-0.3, -0.25) is 4.79 Å². The van der Waals surface area contributed by atoms with E-state index >= 15 is 0 Å². The van der Waals surface area contributed by atoms with Crippen LogP contribution in [0.25, 0.3) is 0 Å². The SMILES string of the molecule is C[C@H](Sc1nnc2n1CCCCC2)C(=O)c1ccc(Br)cc1. The van der Waals surface area contributed by atoms with Gasteiger partial charge in [0.15, 0.2) is 10.9 Å². The Hall–Kier alpha value is -1.14. The summed E-state index contributed by atoms with van der Waals surface area (Å²) in [6, 6.07) is 7.50. The van der Waals surface area contributed by atoms with E-state index in [4.69, 9.17) is 0 Å². The molecule has 0 spiro atoms. The number of benzene rings is 1. The van der Waals surface area contributed by atoms with Gasteiger partial charge in [-0.2, -0.15) is 0 Å². The van der Waals surface area contributed by atoms with Crippen LogP contribution in [0.3, 0.4) is 0 Å². The summed E-state index contributed by atoms with van der Waals surface area (Å²) in [5.74, 6) is 1.19. The van der Waals surface area contributed by atoms with Crippen molar-refractivity contribution in [3.05, 3.63) is 40.1 Å². The molecule has 2 heterocycles. The number of hydrogen-bond donors (Lipinski definition) is 0. The minimum absolute atomic E-state index is 0.128. The zero-order valence-electron chi connectivity index (χ0n) is 12.5. The molecule has 0 saturated heterocycles. The van der Waals surface area contributed by atoms with Crippen LogP contribution in [0.2, 0.25) is 0 Å². The third kappa shape index (κ3) is 3.43. The average molecular weight is 380 g/mol. The van der Waals surface area contributed by atoms with Crippen LogP contribution in [-0.4, -0.2) is 25.8 Å². The summed E-state index contributed by atoms with van der Waals surface area (Å²) >= 11 is 4.90. The number of carbonyl (C=O) groups is 1. The van der Waals surface area contributed by atoms with Crippen LogP contribution in [-0.2, 0) is 13.0 Å². The van der Waals surface area contributed by atoms with E-state index in [1.807, 2.05) is 31.2 Å². The number of nitrogens with zero attached hydrogens (tertiary/aromatic N) is 3. The summed E-state index contributed by atoms with van der Waals surface area (Å²) < 4.78 is 3.16. The molecule has 0 unspecified atom stereocenters. The fourth-order valence-electron chi connectivity index (χ4n) is 2.61. The normalized spacial score (nSPS) is 15.9. The Morgan fingerprint density at radius 2 is 2.00 bits per heavy atom. The third-order valence-corrected chi connectivity index (χ3v) is 5.46. The molecule has 6 heteroatoms. The molecule has 0 radical (unpaired) electrons. The standard InChI is InChI=1S/C16H18BrN3OS/c1-11(15(21)12-6-8-13(17)9-7-12)22-16-19-18-14-5-3-2-4-10-20(14)16/h6-9,11H,2-5,10H2,1H3/t11-/m0/s1. The second kappa shape index (κ2) is 6.96. The molecule has 0 saturated carbocycles. The molecule has 116 valence electrons. The monoisotopic (exact) mass is 379 g/mol. The van der Waals surface area contributed by atoms with Crippen molar-refractivity contribution in [1.82, 2.24) is 14.8 Å². The average Bonchev–Trinajstić information content (AvgIpc) is 2.75. The first-order valence-corrected chi connectivity index (χ1v) is 9.21. The molecule has 22 heavy (non-hydrogen) atoms. The maximum absolute atomic E-state index is 12.5. The molecular weight excluding hydrogens is 362 g/mol. The molecule has 1 atom stereocenters. The summed E-state index contributed by atoms with van der Waals surface area (Å²) in [7, 11) is 0. The van der Waals surface area contributed by atoms with Crippen molar-refractivity contribution in [3.63, 3.8) is 0 Å². The molecule has 4 nitrogen and oxygen atoms in total. The first kappa shape index (κ1) is 15.7. The predicted molar refractivity (Wildman–Crippen MR) is 91.4 cm³/mol. The smallest absolute Gasteiger partial charge is 0.191 e. The van der Waals surface area contributed by atoms with Crippen molar-refractivity contribution in [2.24, 2.45) is 0 Å². The Balaban J connectivity index is 1.74. The fourth-order valence-corrected chi connectivity index (χ4v) is 3.84. The van der Waals surface area contributed by atoms with E-state index in [0.717, 1.165) is 40.4 Å². The molecule has 0 amide bonds. The molecular formula is C16H18BrN3OS. The van der Waals surface area contributed by atoms with Crippen molar-refractivity contribution in [1.29, 1.82) is 0 Å². The molecule has 0 aliphatic carbocycles. The summed E-state index contributed by atoms with van der Waals surface area (Å²) in [5.41, 5.74) is 0.735. The number of hydrogen-bond acceptors (Lipinski definition) is 4. The topological polar surface area (TPSA) is 47.8 Å². The first-order valence-electron chi connectivity index (χ1n) is 7.53. The maximum Gasteiger partial charge on any atom is 0.191 e. The number of ketones is 1. The van der Waals surface area contributed by atoms with Crippen LogP contribution >= 0.6 is 27.7 Å². The van der Waals surface area contributed by atoms with Gasteiger partial charge in [-0.15, -0.1) is 10.2 Å². The first-order chi connectivity index (χ1) is 10.6. The van der Waals surface area contributed by atoms with Crippen LogP contribution in [0.4, 0.5) is 0 Å². The summed E-state index contributed by atoms with van der Waals surface area (Å²) in [5, 5.41) is 9.28. The van der Waals surface area contributed by atoms with Crippen LogP contribution in [0.5, 0.6) is 0 Å². The van der Waals surface area contributed by atoms with Gasteiger partial charge in [0.25, 0.3) is 0 Å². The number of halogens is 1. The second-order valence-corrected chi connectivity index (χ2v) is 7.72. The predicted octanol–water partition coefficient (Wildman–Crippen LogP) is 4.13. The Morgan fingerprint density at radius 1 is 1.23 bits per heavy atom. The van der Waals surface area contributed by atoms with Gasteiger partial charge in [-0.1, -0.05) is 46.2 Å². The van der Waals surface area contributed by atoms with Crippen molar-refractivity contribution >= 4 is 33.5 Å². The van der Waals surface area contributed by atoms with Crippen molar-refractivity contribution in [3.8, 4) is 0 Å². The zero-order valence-corrected chi connectivity index (χ0v) is 14.9. The molecule has 0 N–H and O–H groups in total. The van der Waals surface area contributed by atoms with E-state index < -0.39 is 0 Å². The number of thioether (sulfide) groups is 1. The minimum atomic E-state index is -0.169. The molecule has 3 rings (SSSR count). The highest BCUT2D eigenvalue weighted by molar-refractivity contribution is 9.10. The maximum atomic E-state index is 12.5. The van der Waals surface area contributed by atoms with Gasteiger partial charge >= 0.3 is 0 Å². The van der Waals surface area contributed by atoms with Crippen LogP contribution in [0.1, 0.15) is 42.4 Å². The summed E-state index contributed by atoms with van der Waals surface area (Å²) in [6.07, 6.45) is 4.56. The lowest BCUT2D eigenvalue weighted by molar-refractivity contribution is 0.0994. The molecule has 0 bridgehead atoms. The van der Waals surface area contributed by atoms with E-state index in [0.29, 0.717) is 0 Å². The molecule has 1 aromatic carbocycles. The summed E-state index contributed by atoms with van der Waals surface area (Å²) in [6.45, 7) is 2.90. The molecule has 2 aromatic rings. The van der Waals surface area contributed by atoms with Gasteiger partial charge in [-0.05, 0) is 31.9 Å². The zero-order chi connectivity index (χ0) is 15.5. The molecule has 0 fully saturated rings. The Kier molecular flexibility index (Phi) is 4.98. The highest BCUT2D eigenvalue weighted by atomic mass is 79.9. The molecule has 1 aromatic heterocycles. The van der Waals surface area contributed by atoms with Crippen molar-refractivity contribution in [2.45, 2.75) is 49.6 Å². The van der Waals surface area contributed by atoms with Crippen LogP contribution < -0.4 is 0 Å². The Morgan fingerprint density at radius 3 is 2.77 bits per heavy atom. The van der Waals surface area contributed by atoms with E-state index in [-0.39, 0.29) is 11.0 Å². The number of aryl methyl sites for hydroxylation is 1. The highest BCUT2D eigenvalue weighted by Crippen LogP contribution is 2.27. The van der Waals surface area contributed by atoms with Crippen LogP contribution in [0.15, 0.2) is 33.9 Å². The van der Waals surface area contributed by atoms with E-state index in [2.05, 4.69) is 30.7 Å². The Bertz CT molecular complexity index is 669. The fraction of sp³-hybridized carbons (Fsp3) is 0.438. The van der Waals surface area contributed by atoms with E-state index in [9.17, 15) is 4.79 Å². The summed E-state index contributed by atoms with van der Waals surface area (Å²) in [4.78, 5) is 12.5. The van der Waals surface area contributed by atoms with Gasteiger partial charge in [-0.25, -0.2) is 0 Å². The van der Waals surface area contributed by atoms with Gasteiger partial charge in [0.05, 0.1) is 5.25 Å². The van der Waals surface area contributed by atoms with E-state index in [1.165, 1.54) is 24.6 Å². The van der Waals surface area contributed by atoms with Crippen molar-refractivity contribution in [2.75, 3.05) is 0 Å². The number of aromatic nitrogens is 3. The quantitative estimate of drug-likeness (QED) is 0.591. The van der Waals surface area contributed by atoms with Gasteiger partial charge in [0, 0.05) is 23.0 Å². The largest absolute Gasteiger partial charge is 0.306 e. The van der Waals surface area contributed by atoms with E-state index in [1.54, 1.807) is 0 Å². The van der Waals surface area contributed by atoms with Gasteiger partial charge < -0.3 is 4.57 Å². The number of Topliss-reactive ketones (excluding diaryl/α,β-unsaturated/α-hetero) is 1. The third-order valence-electron chi connectivity index (χ3n) is 3.86. The van der Waals surface area contributed by atoms with Crippen LogP contribution in [0, 0.1) is 0 Å². The number of rotatable bonds is 4. The Labute approximate surface area is 142 Å². The second-order valence-electron chi connectivity index (χ2n) is 5.49.